The zero-order valence-electron chi connectivity index (χ0n) is 5.58. The van der Waals surface area contributed by atoms with Crippen molar-refractivity contribution < 1.29 is 0 Å². The van der Waals surface area contributed by atoms with E-state index in [1.54, 1.807) is 16.8 Å². The fourth-order valence-electron chi connectivity index (χ4n) is 1.23. The van der Waals surface area contributed by atoms with Gasteiger partial charge in [0.25, 0.3) is 0 Å². The Balaban J connectivity index is 2.12. The molecule has 0 aliphatic carbocycles. The maximum atomic E-state index is 4.00. The lowest BCUT2D eigenvalue weighted by molar-refractivity contribution is 0.635. The van der Waals surface area contributed by atoms with E-state index in [9.17, 15) is 0 Å². The summed E-state index contributed by atoms with van der Waals surface area (Å²) in [6.07, 6.45) is 2.49. The van der Waals surface area contributed by atoms with Crippen molar-refractivity contribution in [3.05, 3.63) is 10.5 Å². The molecule has 0 spiro atoms. The molecule has 1 aliphatic rings. The molecule has 1 fully saturated rings. The lowest BCUT2D eigenvalue weighted by Gasteiger charge is -2.02. The minimum Gasteiger partial charge on any atom is -0.308 e. The van der Waals surface area contributed by atoms with E-state index in [1.165, 1.54) is 12.8 Å². The van der Waals surface area contributed by atoms with Gasteiger partial charge in [-0.3, -0.25) is 0 Å². The maximum Gasteiger partial charge on any atom is 0.134 e. The molecule has 10 heavy (non-hydrogen) atoms. The van der Waals surface area contributed by atoms with E-state index < -0.39 is 0 Å². The maximum absolute atomic E-state index is 4.00. The molecular formula is C6H9N3S. The number of rotatable bonds is 1. The Bertz CT molecular complexity index is 191. The van der Waals surface area contributed by atoms with E-state index in [0.717, 1.165) is 11.6 Å². The van der Waals surface area contributed by atoms with Crippen LogP contribution in [0.2, 0.25) is 0 Å². The van der Waals surface area contributed by atoms with E-state index in [1.807, 2.05) is 0 Å². The monoisotopic (exact) mass is 155 g/mol. The van der Waals surface area contributed by atoms with Crippen molar-refractivity contribution in [2.24, 2.45) is 0 Å². The number of nitrogens with one attached hydrogen (secondary N) is 1. The van der Waals surface area contributed by atoms with Crippen LogP contribution < -0.4 is 5.32 Å². The van der Waals surface area contributed by atoms with Crippen molar-refractivity contribution in [3.8, 4) is 0 Å². The van der Waals surface area contributed by atoms with Gasteiger partial charge in [-0.2, -0.15) is 0 Å². The van der Waals surface area contributed by atoms with E-state index >= 15 is 0 Å². The zero-order chi connectivity index (χ0) is 6.81. The fraction of sp³-hybridized carbons (Fsp3) is 0.667. The van der Waals surface area contributed by atoms with Gasteiger partial charge in [-0.25, -0.2) is 0 Å². The largest absolute Gasteiger partial charge is 0.308 e. The first-order valence-electron chi connectivity index (χ1n) is 3.46. The van der Waals surface area contributed by atoms with Crippen LogP contribution in [0.3, 0.4) is 0 Å². The molecule has 1 N–H and O–H groups in total. The Labute approximate surface area is 63.5 Å². The van der Waals surface area contributed by atoms with Gasteiger partial charge in [-0.05, 0) is 19.4 Å². The first-order valence-corrected chi connectivity index (χ1v) is 4.34. The smallest absolute Gasteiger partial charge is 0.134 e. The summed E-state index contributed by atoms with van der Waals surface area (Å²) < 4.78 is 0. The van der Waals surface area contributed by atoms with Crippen LogP contribution in [-0.4, -0.2) is 16.7 Å². The Morgan fingerprint density at radius 2 is 2.70 bits per heavy atom. The van der Waals surface area contributed by atoms with Crippen LogP contribution in [0.1, 0.15) is 23.9 Å². The average Bonchev–Trinajstić information content (AvgIpc) is 2.59. The molecule has 3 nitrogen and oxygen atoms in total. The summed E-state index contributed by atoms with van der Waals surface area (Å²) in [4.78, 5) is 0. The Hall–Kier alpha value is -0.480. The van der Waals surface area contributed by atoms with Gasteiger partial charge in [0, 0.05) is 0 Å². The highest BCUT2D eigenvalue weighted by molar-refractivity contribution is 7.09. The SMILES string of the molecule is c1nnc([C@@H]2CCCN2)s1. The van der Waals surface area contributed by atoms with Gasteiger partial charge >= 0.3 is 0 Å². The first-order chi connectivity index (χ1) is 4.97. The fourth-order valence-corrected chi connectivity index (χ4v) is 1.89. The second-order valence-electron chi connectivity index (χ2n) is 2.43. The second-order valence-corrected chi connectivity index (χ2v) is 3.29. The molecule has 1 aromatic heterocycles. The summed E-state index contributed by atoms with van der Waals surface area (Å²) in [5, 5.41) is 12.3. The second kappa shape index (κ2) is 2.64. The first kappa shape index (κ1) is 6.24. The Morgan fingerprint density at radius 3 is 3.30 bits per heavy atom. The molecule has 0 bridgehead atoms. The number of nitrogens with zero attached hydrogens (tertiary/aromatic N) is 2. The Kier molecular flexibility index (Phi) is 1.65. The minimum atomic E-state index is 0.493. The molecule has 54 valence electrons. The number of hydrogen-bond acceptors (Lipinski definition) is 4. The molecule has 0 aromatic carbocycles. The third-order valence-corrected chi connectivity index (χ3v) is 2.54. The van der Waals surface area contributed by atoms with Crippen molar-refractivity contribution in [2.45, 2.75) is 18.9 Å². The number of aromatic nitrogens is 2. The van der Waals surface area contributed by atoms with Crippen LogP contribution in [0.25, 0.3) is 0 Å². The highest BCUT2D eigenvalue weighted by Crippen LogP contribution is 2.23. The van der Waals surface area contributed by atoms with Crippen LogP contribution in [0, 0.1) is 0 Å². The van der Waals surface area contributed by atoms with Gasteiger partial charge in [0.15, 0.2) is 0 Å². The molecule has 1 saturated heterocycles. The van der Waals surface area contributed by atoms with Crippen LogP contribution >= 0.6 is 11.3 Å². The van der Waals surface area contributed by atoms with Crippen LogP contribution in [0.5, 0.6) is 0 Å². The molecule has 1 atom stereocenters. The normalized spacial score (nSPS) is 25.4. The minimum absolute atomic E-state index is 0.493. The van der Waals surface area contributed by atoms with Crippen LogP contribution in [0.4, 0.5) is 0 Å². The van der Waals surface area contributed by atoms with Crippen molar-refractivity contribution in [1.82, 2.24) is 15.5 Å². The lowest BCUT2D eigenvalue weighted by Crippen LogP contribution is -2.12. The summed E-state index contributed by atoms with van der Waals surface area (Å²) in [6.45, 7) is 1.13. The molecular weight excluding hydrogens is 146 g/mol. The molecule has 0 radical (unpaired) electrons. The standard InChI is InChI=1S/C6H9N3S/c1-2-5(7-3-1)6-9-8-4-10-6/h4-5,7H,1-3H2/t5-/m0/s1. The quantitative estimate of drug-likeness (QED) is 0.656. The van der Waals surface area contributed by atoms with Gasteiger partial charge < -0.3 is 5.32 Å². The molecule has 4 heteroatoms. The predicted molar refractivity (Wildman–Crippen MR) is 39.9 cm³/mol. The summed E-state index contributed by atoms with van der Waals surface area (Å²) in [7, 11) is 0. The highest BCUT2D eigenvalue weighted by Gasteiger charge is 2.18. The van der Waals surface area contributed by atoms with Crippen molar-refractivity contribution in [2.75, 3.05) is 6.54 Å². The van der Waals surface area contributed by atoms with Crippen LogP contribution in [-0.2, 0) is 0 Å². The third kappa shape index (κ3) is 1.04. The molecule has 2 rings (SSSR count). The predicted octanol–water partition coefficient (Wildman–Crippen LogP) is 0.963. The van der Waals surface area contributed by atoms with Crippen molar-refractivity contribution >= 4 is 11.3 Å². The Morgan fingerprint density at radius 1 is 1.70 bits per heavy atom. The van der Waals surface area contributed by atoms with E-state index in [0.29, 0.717) is 6.04 Å². The summed E-state index contributed by atoms with van der Waals surface area (Å²) in [5.41, 5.74) is 1.79. The molecule has 0 unspecified atom stereocenters. The van der Waals surface area contributed by atoms with Gasteiger partial charge in [0.1, 0.15) is 10.5 Å². The lowest BCUT2D eigenvalue weighted by atomic mass is 10.2. The summed E-state index contributed by atoms with van der Waals surface area (Å²) in [6, 6.07) is 0.493. The third-order valence-electron chi connectivity index (χ3n) is 1.74. The van der Waals surface area contributed by atoms with Gasteiger partial charge in [-0.15, -0.1) is 21.5 Å². The van der Waals surface area contributed by atoms with E-state index in [-0.39, 0.29) is 0 Å². The molecule has 0 saturated carbocycles. The van der Waals surface area contributed by atoms with E-state index in [2.05, 4.69) is 15.5 Å². The molecule has 1 aromatic rings. The number of hydrogen-bond donors (Lipinski definition) is 1. The molecule has 1 aliphatic heterocycles. The molecule has 2 heterocycles. The van der Waals surface area contributed by atoms with Crippen molar-refractivity contribution in [1.29, 1.82) is 0 Å². The van der Waals surface area contributed by atoms with Crippen LogP contribution in [0.15, 0.2) is 5.51 Å². The van der Waals surface area contributed by atoms with Gasteiger partial charge in [0.2, 0.25) is 0 Å². The average molecular weight is 155 g/mol. The van der Waals surface area contributed by atoms with Gasteiger partial charge in [0.05, 0.1) is 6.04 Å². The van der Waals surface area contributed by atoms with Crippen molar-refractivity contribution in [3.63, 3.8) is 0 Å². The topological polar surface area (TPSA) is 37.8 Å². The van der Waals surface area contributed by atoms with E-state index in [4.69, 9.17) is 0 Å². The summed E-state index contributed by atoms with van der Waals surface area (Å²) >= 11 is 1.64. The highest BCUT2D eigenvalue weighted by atomic mass is 32.1. The summed E-state index contributed by atoms with van der Waals surface area (Å²) in [5.74, 6) is 0. The zero-order valence-corrected chi connectivity index (χ0v) is 6.40. The van der Waals surface area contributed by atoms with Gasteiger partial charge in [-0.1, -0.05) is 0 Å². The molecule has 0 amide bonds.